The van der Waals surface area contributed by atoms with Crippen molar-refractivity contribution in [3.63, 3.8) is 0 Å². The van der Waals surface area contributed by atoms with Gasteiger partial charge in [0.2, 0.25) is 5.91 Å². The molecule has 2 aromatic rings. The van der Waals surface area contributed by atoms with Crippen LogP contribution in [-0.2, 0) is 16.1 Å². The molecule has 8 nitrogen and oxygen atoms in total. The zero-order valence-corrected chi connectivity index (χ0v) is 18.3. The Morgan fingerprint density at radius 1 is 1.31 bits per heavy atom. The second kappa shape index (κ2) is 11.3. The molecule has 1 aliphatic rings. The van der Waals surface area contributed by atoms with Crippen molar-refractivity contribution >= 4 is 34.5 Å². The van der Waals surface area contributed by atoms with E-state index in [1.165, 1.54) is 25.7 Å². The van der Waals surface area contributed by atoms with E-state index in [0.29, 0.717) is 32.7 Å². The zero-order valence-electron chi connectivity index (χ0n) is 17.4. The van der Waals surface area contributed by atoms with Gasteiger partial charge in [-0.3, -0.25) is 4.79 Å². The maximum absolute atomic E-state index is 12.1. The summed E-state index contributed by atoms with van der Waals surface area (Å²) in [6.45, 7) is 4.48. The second-order valence-corrected chi connectivity index (χ2v) is 8.58. The third-order valence-corrected chi connectivity index (χ3v) is 5.98. The Kier molecular flexibility index (Phi) is 8.54. The molecule has 29 heavy (non-hydrogen) atoms. The molecule has 0 radical (unpaired) electrons. The Morgan fingerprint density at radius 2 is 2.14 bits per heavy atom. The molecule has 3 rings (SSSR count). The Balaban J connectivity index is 1.58. The van der Waals surface area contributed by atoms with Gasteiger partial charge in [-0.05, 0) is 18.1 Å². The van der Waals surface area contributed by atoms with Crippen LogP contribution in [-0.4, -0.2) is 58.2 Å². The topological polar surface area (TPSA) is 94.0 Å². The molecular formula is C20H32N6O2S. The van der Waals surface area contributed by atoms with Gasteiger partial charge < -0.3 is 15.4 Å². The van der Waals surface area contributed by atoms with Crippen LogP contribution < -0.4 is 10.6 Å². The zero-order chi connectivity index (χ0) is 20.5. The Labute approximate surface area is 176 Å². The normalized spacial score (nSPS) is 14.6. The molecule has 0 unspecified atom stereocenters. The third-order valence-electron chi connectivity index (χ3n) is 5.25. The predicted molar refractivity (Wildman–Crippen MR) is 116 cm³/mol. The molecule has 0 atom stereocenters. The summed E-state index contributed by atoms with van der Waals surface area (Å²) < 4.78 is 6.96. The van der Waals surface area contributed by atoms with Crippen molar-refractivity contribution in [2.75, 3.05) is 37.9 Å². The van der Waals surface area contributed by atoms with Crippen LogP contribution in [0.15, 0.2) is 11.4 Å². The van der Waals surface area contributed by atoms with Crippen LogP contribution in [0.4, 0.5) is 5.82 Å². The van der Waals surface area contributed by atoms with Crippen LogP contribution in [0.2, 0.25) is 0 Å². The van der Waals surface area contributed by atoms with Crippen molar-refractivity contribution in [1.29, 1.82) is 0 Å². The summed E-state index contributed by atoms with van der Waals surface area (Å²) >= 11 is 1.60. The minimum absolute atomic E-state index is 0.132. The van der Waals surface area contributed by atoms with Gasteiger partial charge in [-0.15, -0.1) is 0 Å². The molecule has 2 heterocycles. The van der Waals surface area contributed by atoms with Crippen LogP contribution >= 0.6 is 11.8 Å². The van der Waals surface area contributed by atoms with Gasteiger partial charge in [0.15, 0.2) is 10.8 Å². The first-order chi connectivity index (χ1) is 14.2. The lowest BCUT2D eigenvalue weighted by atomic mass is 10.0. The Bertz CT molecular complexity index is 791. The highest BCUT2D eigenvalue weighted by Gasteiger charge is 2.16. The van der Waals surface area contributed by atoms with Crippen molar-refractivity contribution in [2.24, 2.45) is 5.92 Å². The highest BCUT2D eigenvalue weighted by molar-refractivity contribution is 7.99. The number of anilines is 1. The lowest BCUT2D eigenvalue weighted by Crippen LogP contribution is -2.27. The molecule has 160 valence electrons. The fraction of sp³-hybridized carbons (Fsp3) is 0.700. The molecule has 2 N–H and O–H groups in total. The predicted octanol–water partition coefficient (Wildman–Crippen LogP) is 3.08. The van der Waals surface area contributed by atoms with E-state index in [0.717, 1.165) is 40.1 Å². The molecule has 1 amide bonds. The van der Waals surface area contributed by atoms with Crippen molar-refractivity contribution in [2.45, 2.75) is 57.1 Å². The number of hydrogen-bond donors (Lipinski definition) is 2. The fourth-order valence-electron chi connectivity index (χ4n) is 3.72. The summed E-state index contributed by atoms with van der Waals surface area (Å²) in [4.78, 5) is 21.4. The minimum atomic E-state index is 0.132. The number of carbonyl (C=O) groups excluding carboxylic acids is 1. The highest BCUT2D eigenvalue weighted by Crippen LogP contribution is 2.28. The summed E-state index contributed by atoms with van der Waals surface area (Å²) in [6.07, 6.45) is 8.63. The van der Waals surface area contributed by atoms with E-state index < -0.39 is 0 Å². The molecule has 2 aromatic heterocycles. The molecule has 0 aromatic carbocycles. The van der Waals surface area contributed by atoms with Gasteiger partial charge in [0.25, 0.3) is 0 Å². The van der Waals surface area contributed by atoms with Crippen molar-refractivity contribution in [1.82, 2.24) is 25.1 Å². The van der Waals surface area contributed by atoms with E-state index in [9.17, 15) is 4.79 Å². The molecule has 0 bridgehead atoms. The quantitative estimate of drug-likeness (QED) is 0.310. The SMILES string of the molecule is CCSc1nc(NCCOC)c2cnn(CCNC(=O)CCC3CCCC3)c2n1. The van der Waals surface area contributed by atoms with Gasteiger partial charge in [0.1, 0.15) is 5.82 Å². The Morgan fingerprint density at radius 3 is 2.90 bits per heavy atom. The molecule has 1 aliphatic carbocycles. The summed E-state index contributed by atoms with van der Waals surface area (Å²) in [6, 6.07) is 0. The van der Waals surface area contributed by atoms with Gasteiger partial charge in [-0.1, -0.05) is 44.4 Å². The van der Waals surface area contributed by atoms with Crippen LogP contribution in [0, 0.1) is 5.92 Å². The maximum Gasteiger partial charge on any atom is 0.220 e. The minimum Gasteiger partial charge on any atom is -0.383 e. The number of fused-ring (bicyclic) bond motifs is 1. The van der Waals surface area contributed by atoms with Crippen LogP contribution in [0.25, 0.3) is 11.0 Å². The van der Waals surface area contributed by atoms with Crippen molar-refractivity contribution in [3.05, 3.63) is 6.20 Å². The van der Waals surface area contributed by atoms with Crippen LogP contribution in [0.3, 0.4) is 0 Å². The van der Waals surface area contributed by atoms with Gasteiger partial charge >= 0.3 is 0 Å². The third kappa shape index (κ3) is 6.30. The largest absolute Gasteiger partial charge is 0.383 e. The first-order valence-electron chi connectivity index (χ1n) is 10.6. The van der Waals surface area contributed by atoms with Crippen LogP contribution in [0.1, 0.15) is 45.4 Å². The smallest absolute Gasteiger partial charge is 0.220 e. The van der Waals surface area contributed by atoms with E-state index in [1.807, 2.05) is 4.68 Å². The molecule has 0 spiro atoms. The first-order valence-corrected chi connectivity index (χ1v) is 11.6. The molecule has 1 fully saturated rings. The highest BCUT2D eigenvalue weighted by atomic mass is 32.2. The average Bonchev–Trinajstić information content (AvgIpc) is 3.37. The van der Waals surface area contributed by atoms with Crippen LogP contribution in [0.5, 0.6) is 0 Å². The van der Waals surface area contributed by atoms with Gasteiger partial charge in [-0.25, -0.2) is 14.6 Å². The lowest BCUT2D eigenvalue weighted by molar-refractivity contribution is -0.121. The lowest BCUT2D eigenvalue weighted by Gasteiger charge is -2.10. The number of rotatable bonds is 12. The van der Waals surface area contributed by atoms with Gasteiger partial charge in [-0.2, -0.15) is 5.10 Å². The number of ether oxygens (including phenoxy) is 1. The average molecular weight is 421 g/mol. The number of methoxy groups -OCH3 is 1. The standard InChI is InChI=1S/C20H32N6O2S/c1-3-29-20-24-18(22-11-13-28-2)16-14-23-26(19(16)25-20)12-10-21-17(27)9-8-15-6-4-5-7-15/h14-15H,3-13H2,1-2H3,(H,21,27)(H,22,24,25). The van der Waals surface area contributed by atoms with Crippen molar-refractivity contribution < 1.29 is 9.53 Å². The van der Waals surface area contributed by atoms with Gasteiger partial charge in [0.05, 0.1) is 24.7 Å². The van der Waals surface area contributed by atoms with E-state index in [1.54, 1.807) is 25.1 Å². The number of hydrogen-bond acceptors (Lipinski definition) is 7. The van der Waals surface area contributed by atoms with E-state index in [4.69, 9.17) is 4.74 Å². The first kappa shape index (κ1) is 21.8. The second-order valence-electron chi connectivity index (χ2n) is 7.35. The summed E-state index contributed by atoms with van der Waals surface area (Å²) in [5, 5.41) is 12.4. The fourth-order valence-corrected chi connectivity index (χ4v) is 4.29. The number of amides is 1. The number of nitrogens with zero attached hydrogens (tertiary/aromatic N) is 4. The Hall–Kier alpha value is -1.87. The van der Waals surface area contributed by atoms with E-state index >= 15 is 0 Å². The van der Waals surface area contributed by atoms with E-state index in [2.05, 4.69) is 32.6 Å². The summed E-state index contributed by atoms with van der Waals surface area (Å²) in [7, 11) is 1.68. The molecular weight excluding hydrogens is 388 g/mol. The van der Waals surface area contributed by atoms with E-state index in [-0.39, 0.29) is 5.91 Å². The van der Waals surface area contributed by atoms with Gasteiger partial charge in [0, 0.05) is 26.6 Å². The number of thioether (sulfide) groups is 1. The molecule has 0 aliphatic heterocycles. The number of nitrogens with one attached hydrogen (secondary N) is 2. The number of aromatic nitrogens is 4. The summed E-state index contributed by atoms with van der Waals surface area (Å²) in [5.74, 6) is 2.54. The molecule has 9 heteroatoms. The van der Waals surface area contributed by atoms with Crippen molar-refractivity contribution in [3.8, 4) is 0 Å². The monoisotopic (exact) mass is 420 g/mol. The maximum atomic E-state index is 12.1. The molecule has 1 saturated carbocycles. The number of carbonyl (C=O) groups is 1. The molecule has 0 saturated heterocycles. The summed E-state index contributed by atoms with van der Waals surface area (Å²) in [5.41, 5.74) is 0.788.